The number of aromatic hydroxyl groups is 6. The van der Waals surface area contributed by atoms with Crippen LogP contribution in [0.1, 0.15) is 80.5 Å². The Bertz CT molecular complexity index is 6090. The number of carbonyl (C=O) groups excluding carboxylic acids is 7. The van der Waals surface area contributed by atoms with Gasteiger partial charge in [-0.3, -0.25) is 67.9 Å². The lowest BCUT2D eigenvalue weighted by atomic mass is 10.1. The van der Waals surface area contributed by atoms with E-state index in [9.17, 15) is 75.9 Å². The van der Waals surface area contributed by atoms with Gasteiger partial charge in [0, 0.05) is 49.3 Å². The van der Waals surface area contributed by atoms with Gasteiger partial charge >= 0.3 is 0 Å². The summed E-state index contributed by atoms with van der Waals surface area (Å²) in [6.07, 6.45) is 11.7. The van der Waals surface area contributed by atoms with E-state index in [-0.39, 0.29) is 114 Å². The molecule has 7 aromatic carbocycles. The Morgan fingerprint density at radius 2 is 0.519 bits per heavy atom. The van der Waals surface area contributed by atoms with Crippen LogP contribution in [0.5, 0.6) is 69.0 Å². The fourth-order valence-electron chi connectivity index (χ4n) is 11.9. The number of oxime groups is 1. The van der Waals surface area contributed by atoms with Crippen LogP contribution in [0.2, 0.25) is 10.0 Å². The van der Waals surface area contributed by atoms with Gasteiger partial charge in [-0.05, 0) is 240 Å². The molecule has 35 nitrogen and oxygen atoms in total. The second-order valence-corrected chi connectivity index (χ2v) is 31.2. The number of carbonyl (C=O) groups is 7. The zero-order valence-electron chi connectivity index (χ0n) is 75.7. The van der Waals surface area contributed by atoms with E-state index in [1.54, 1.807) is 166 Å². The number of amidine groups is 7. The number of nitrogens with zero attached hydrogens (tertiary/aromatic N) is 15. The van der Waals surface area contributed by atoms with Gasteiger partial charge in [0.2, 0.25) is 11.5 Å². The number of hydrogen-bond donors (Lipinski definition) is 6. The highest BCUT2D eigenvalue weighted by Crippen LogP contribution is 2.42. The van der Waals surface area contributed by atoms with Crippen LogP contribution in [0.25, 0.3) is 42.5 Å². The van der Waals surface area contributed by atoms with Gasteiger partial charge in [0.25, 0.3) is 41.4 Å². The minimum absolute atomic E-state index is 0.00588. The number of aliphatic imine (C=N–C) groups is 7. The van der Waals surface area contributed by atoms with Crippen LogP contribution in [0, 0.1) is 29.1 Å². The van der Waals surface area contributed by atoms with Gasteiger partial charge in [-0.25, -0.2) is 56.9 Å². The quantitative estimate of drug-likeness (QED) is 0.0240. The van der Waals surface area contributed by atoms with E-state index in [2.05, 4.69) is 76.8 Å². The van der Waals surface area contributed by atoms with Gasteiger partial charge in [0.05, 0.1) is 61.6 Å². The predicted molar refractivity (Wildman–Crippen MR) is 506 cm³/mol. The molecule has 0 unspecified atom stereocenters. The van der Waals surface area contributed by atoms with E-state index in [1.807, 2.05) is 0 Å². The summed E-state index contributed by atoms with van der Waals surface area (Å²) in [6, 6.07) is 19.5. The molecule has 135 heavy (non-hydrogen) atoms. The third kappa shape index (κ3) is 25.4. The van der Waals surface area contributed by atoms with Crippen molar-refractivity contribution in [2.75, 3.05) is 99.1 Å². The van der Waals surface area contributed by atoms with Crippen molar-refractivity contribution in [2.24, 2.45) is 40.1 Å². The zero-order valence-corrected chi connectivity index (χ0v) is 80.4. The molecule has 6 N–H and O–H groups in total. The van der Waals surface area contributed by atoms with Gasteiger partial charge in [-0.2, -0.15) is 0 Å². The van der Waals surface area contributed by atoms with Crippen molar-refractivity contribution in [3.8, 4) is 69.0 Å². The Hall–Kier alpha value is -15.0. The summed E-state index contributed by atoms with van der Waals surface area (Å²) >= 11 is 18.1. The standard InChI is InChI=1S/C15H18N2O4.C14H16N2O4.C13H11F2N3O3.C13H13FN2O3.C12H10Br2N2O2.C12H10Cl2N2O2.C12H10F2N2O2/c1-9-16-11(15(18)17(9)2)6-10-7-12(19-3)14(21-5)13(8-10)20-4;1-8-15-10(14(18)16(8)2)5-9-6-11(19-3)13(17)12(7-9)20-4;1-18-11(6-16-21-2)17-10(13(18)20)5-7-3-8(14)12(19)9(15)4-7;1-7-15-10(13(18)16(7)2)5-8-4-9(14)12(17)11(6-8)19-3;3*1-6-15-10(12(18)16(6)2)5-7-3-8(13)11(17)9(14)4-7/h6-8H,1-5H3;5-7,17H,1-4H3;3-6,19H,1-2H3;4-6,17H,1-3H3;3*3-5,17H,1-2H3/b11-6-;10-5-;10-5-,16-6+;4*10-5-. The number of halogens is 9. The number of amides is 7. The van der Waals surface area contributed by atoms with Gasteiger partial charge in [0.15, 0.2) is 86.7 Å². The van der Waals surface area contributed by atoms with Gasteiger partial charge in [-0.1, -0.05) is 28.4 Å². The van der Waals surface area contributed by atoms with Crippen molar-refractivity contribution in [1.29, 1.82) is 0 Å². The van der Waals surface area contributed by atoms with Crippen molar-refractivity contribution < 1.29 is 119 Å². The number of hydrogen-bond acceptors (Lipinski definition) is 28. The first-order valence-corrected chi connectivity index (χ1v) is 41.4. The van der Waals surface area contributed by atoms with E-state index >= 15 is 0 Å². The average molecular weight is 2040 g/mol. The molecule has 44 heteroatoms. The van der Waals surface area contributed by atoms with Crippen LogP contribution < -0.4 is 28.4 Å². The monoisotopic (exact) mass is 2030 g/mol. The molecule has 0 radical (unpaired) electrons. The Labute approximate surface area is 796 Å². The molecule has 14 rings (SSSR count). The third-order valence-corrected chi connectivity index (χ3v) is 21.7. The fraction of sp³-hybridized carbons (Fsp3) is 0.220. The highest BCUT2D eigenvalue weighted by molar-refractivity contribution is 9.11. The summed E-state index contributed by atoms with van der Waals surface area (Å²) in [5.74, 6) is -3.65. The summed E-state index contributed by atoms with van der Waals surface area (Å²) in [7, 11) is 21.5. The van der Waals surface area contributed by atoms with Crippen LogP contribution in [0.3, 0.4) is 0 Å². The summed E-state index contributed by atoms with van der Waals surface area (Å²) < 4.78 is 98.1. The Morgan fingerprint density at radius 3 is 0.770 bits per heavy atom. The van der Waals surface area contributed by atoms with Crippen LogP contribution in [-0.4, -0.2) is 252 Å². The molecule has 0 spiro atoms. The maximum atomic E-state index is 13.5. The number of ether oxygens (including phenoxy) is 6. The molecule has 0 bridgehead atoms. The fourth-order valence-corrected chi connectivity index (χ4v) is 13.6. The van der Waals surface area contributed by atoms with Crippen LogP contribution in [0.4, 0.5) is 22.0 Å². The normalized spacial score (nSPS) is 17.0. The molecule has 0 saturated heterocycles. The maximum absolute atomic E-state index is 13.5. The number of phenols is 6. The Morgan fingerprint density at radius 1 is 0.296 bits per heavy atom. The minimum atomic E-state index is -1.12. The largest absolute Gasteiger partial charge is 0.506 e. The number of rotatable bonds is 15. The number of phenolic OH excluding ortho intramolecular Hbond substituents is 6. The van der Waals surface area contributed by atoms with E-state index in [4.69, 9.17) is 61.8 Å². The Kier molecular flexibility index (Phi) is 35.8. The predicted octanol–water partition coefficient (Wildman–Crippen LogP) is 14.9. The number of benzene rings is 7. The molecule has 7 aliphatic rings. The smallest absolute Gasteiger partial charge is 0.277 e. The maximum Gasteiger partial charge on any atom is 0.277 e. The molecule has 7 heterocycles. The number of methoxy groups -OCH3 is 6. The first-order valence-electron chi connectivity index (χ1n) is 39.0. The van der Waals surface area contributed by atoms with E-state index < -0.39 is 52.2 Å². The van der Waals surface area contributed by atoms with Crippen molar-refractivity contribution >= 4 is 186 Å². The van der Waals surface area contributed by atoms with Gasteiger partial charge in [-0.15, -0.1) is 0 Å². The second kappa shape index (κ2) is 45.9. The van der Waals surface area contributed by atoms with Crippen molar-refractivity contribution in [3.05, 3.63) is 212 Å². The highest BCUT2D eigenvalue weighted by atomic mass is 79.9. The molecule has 7 amide bonds. The molecule has 7 aromatic rings. The summed E-state index contributed by atoms with van der Waals surface area (Å²) in [6.45, 7) is 10.4. The lowest BCUT2D eigenvalue weighted by Crippen LogP contribution is -2.28. The average Bonchev–Trinajstić information content (AvgIpc) is 1.79. The summed E-state index contributed by atoms with van der Waals surface area (Å²) in [5, 5.41) is 60.0. The van der Waals surface area contributed by atoms with Crippen molar-refractivity contribution in [3.63, 3.8) is 0 Å². The molecule has 0 fully saturated rings. The van der Waals surface area contributed by atoms with Crippen molar-refractivity contribution in [2.45, 2.75) is 41.5 Å². The van der Waals surface area contributed by atoms with Gasteiger partial charge in [0.1, 0.15) is 94.0 Å². The third-order valence-electron chi connectivity index (χ3n) is 19.9. The van der Waals surface area contributed by atoms with E-state index in [0.29, 0.717) is 101 Å². The number of likely N-dealkylation sites (N-methyl/N-ethyl adjacent to an activating group) is 7. The summed E-state index contributed by atoms with van der Waals surface area (Å²) in [5.41, 5.74) is 5.09. The molecule has 710 valence electrons. The minimum Gasteiger partial charge on any atom is -0.506 e. The first-order chi connectivity index (χ1) is 63.5. The molecule has 0 saturated carbocycles. The highest BCUT2D eigenvalue weighted by Gasteiger charge is 2.32. The van der Waals surface area contributed by atoms with Crippen LogP contribution >= 0.6 is 55.1 Å². The molecule has 0 aliphatic carbocycles. The molecular weight excluding hydrogens is 1950 g/mol. The van der Waals surface area contributed by atoms with Crippen LogP contribution in [0.15, 0.2) is 174 Å². The Balaban J connectivity index is 0.000000194. The molecule has 0 aromatic heterocycles. The van der Waals surface area contributed by atoms with Crippen molar-refractivity contribution in [1.82, 2.24) is 34.3 Å². The summed E-state index contributed by atoms with van der Waals surface area (Å²) in [4.78, 5) is 126. The zero-order chi connectivity index (χ0) is 100. The molecule has 0 atom stereocenters. The van der Waals surface area contributed by atoms with Gasteiger partial charge < -0.3 is 63.9 Å². The molecule has 7 aliphatic heterocycles. The van der Waals surface area contributed by atoms with Crippen LogP contribution in [-0.2, 0) is 38.4 Å². The lowest BCUT2D eigenvalue weighted by Gasteiger charge is -2.13. The SMILES string of the molecule is CC1=N/C(=C\c2cc(Br)c(O)c(Br)c2)C(=O)N1C.CC1=N/C(=C\c2cc(Cl)c(O)c(Cl)c2)C(=O)N1C.CC1=N/C(=C\c2cc(F)c(O)c(F)c2)C(=O)N1C.CO/N=C/C1=NC(=C\c2cc(F)c(O)c(F)c2)/C(=O)N1C.COc1cc(/C=C2\N=C(C)N(C)C2=O)cc(F)c1O.COc1cc(/C=C2\N=C(C)N(C)C2=O)cc(OC)c1O.COc1cc(/C=C2\N=C(C)N(C)C2=O)cc(OC)c1OC. The van der Waals surface area contributed by atoms with E-state index in [0.717, 1.165) is 41.5 Å². The van der Waals surface area contributed by atoms with E-state index in [1.165, 1.54) is 112 Å². The topological polar surface area (TPSA) is 427 Å². The first kappa shape index (κ1) is 105. The molecular formula is C91H88Br2Cl2F5N15O20. The second-order valence-electron chi connectivity index (χ2n) is 28.7. The lowest BCUT2D eigenvalue weighted by molar-refractivity contribution is -0.122.